The third kappa shape index (κ3) is 11.3. The molecule has 0 radical (unpaired) electrons. The second-order valence-electron chi connectivity index (χ2n) is 6.50. The van der Waals surface area contributed by atoms with Crippen LogP contribution in [0.3, 0.4) is 0 Å². The smallest absolute Gasteiger partial charge is 0.451 e. The van der Waals surface area contributed by atoms with Crippen LogP contribution in [0, 0.1) is 0 Å². The summed E-state index contributed by atoms with van der Waals surface area (Å²) in [5.74, 6) is -1.99. The highest BCUT2D eigenvalue weighted by Crippen LogP contribution is 2.25. The fourth-order valence-corrected chi connectivity index (χ4v) is 2.55. The van der Waals surface area contributed by atoms with Crippen LogP contribution in [-0.4, -0.2) is 33.6 Å². The van der Waals surface area contributed by atoms with Crippen molar-refractivity contribution < 1.29 is 27.9 Å². The highest BCUT2D eigenvalue weighted by molar-refractivity contribution is 5.88. The number of nitrogens with zero attached hydrogens (tertiary/aromatic N) is 2. The number of halogens is 3. The molecular weight excluding hydrogens is 377 g/mol. The van der Waals surface area contributed by atoms with E-state index in [9.17, 15) is 22.8 Å². The number of carboxylic acid groups (broad SMARTS) is 1. The summed E-state index contributed by atoms with van der Waals surface area (Å²) in [5, 5.41) is 13.5. The average molecular weight is 404 g/mol. The van der Waals surface area contributed by atoms with Crippen LogP contribution >= 0.6 is 0 Å². The molecule has 2 amide bonds. The number of amides is 2. The van der Waals surface area contributed by atoms with Crippen LogP contribution in [0.1, 0.15) is 70.0 Å². The van der Waals surface area contributed by atoms with Crippen LogP contribution in [0.25, 0.3) is 0 Å². The zero-order valence-corrected chi connectivity index (χ0v) is 15.7. The topological polar surface area (TPSA) is 104 Å². The van der Waals surface area contributed by atoms with Gasteiger partial charge in [0.15, 0.2) is 0 Å². The summed E-state index contributed by atoms with van der Waals surface area (Å²) < 4.78 is 37.1. The minimum Gasteiger partial charge on any atom is -0.481 e. The number of anilines is 1. The van der Waals surface area contributed by atoms with E-state index in [1.54, 1.807) is 0 Å². The van der Waals surface area contributed by atoms with E-state index >= 15 is 0 Å². The van der Waals surface area contributed by atoms with Gasteiger partial charge >= 0.3 is 18.2 Å². The fraction of sp³-hybridized carbons (Fsp3) is 0.667. The molecule has 0 saturated heterocycles. The Hall–Kier alpha value is -2.39. The average Bonchev–Trinajstić information content (AvgIpc) is 2.62. The van der Waals surface area contributed by atoms with Crippen LogP contribution in [0.5, 0.6) is 0 Å². The van der Waals surface area contributed by atoms with Gasteiger partial charge in [-0.15, -0.1) is 0 Å². The zero-order valence-electron chi connectivity index (χ0n) is 15.7. The van der Waals surface area contributed by atoms with Gasteiger partial charge in [-0.25, -0.2) is 14.8 Å². The van der Waals surface area contributed by atoms with Crippen LogP contribution in [0.15, 0.2) is 12.4 Å². The standard InChI is InChI=1S/C18H27F3N4O3/c19-18(20,21)16-23-12-14(13-24-16)25-17(28)22-11-9-7-5-3-1-2-4-6-8-10-15(26)27/h12-13H,1-11H2,(H,26,27)(H2,22,25,28). The van der Waals surface area contributed by atoms with Gasteiger partial charge in [0.2, 0.25) is 5.82 Å². The van der Waals surface area contributed by atoms with Crippen molar-refractivity contribution in [1.82, 2.24) is 15.3 Å². The molecule has 0 aliphatic carbocycles. The molecule has 158 valence electrons. The lowest BCUT2D eigenvalue weighted by Gasteiger charge is -2.08. The minimum absolute atomic E-state index is 0.0915. The number of carboxylic acids is 1. The van der Waals surface area contributed by atoms with Crippen molar-refractivity contribution in [2.24, 2.45) is 0 Å². The monoisotopic (exact) mass is 404 g/mol. The number of urea groups is 1. The van der Waals surface area contributed by atoms with Gasteiger partial charge in [-0.05, 0) is 12.8 Å². The first-order valence-corrected chi connectivity index (χ1v) is 9.45. The number of rotatable bonds is 13. The van der Waals surface area contributed by atoms with Crippen molar-refractivity contribution in [2.45, 2.75) is 70.4 Å². The molecule has 0 aliphatic rings. The first-order chi connectivity index (χ1) is 13.3. The van der Waals surface area contributed by atoms with Crippen molar-refractivity contribution in [1.29, 1.82) is 0 Å². The Bertz CT molecular complexity index is 595. The van der Waals surface area contributed by atoms with Crippen LogP contribution < -0.4 is 10.6 Å². The Morgan fingerprint density at radius 3 is 1.89 bits per heavy atom. The predicted molar refractivity (Wildman–Crippen MR) is 97.9 cm³/mol. The number of carbonyl (C=O) groups excluding carboxylic acids is 1. The molecule has 0 bridgehead atoms. The van der Waals surface area contributed by atoms with Crippen LogP contribution in [0.2, 0.25) is 0 Å². The Kier molecular flexibility index (Phi) is 10.9. The lowest BCUT2D eigenvalue weighted by molar-refractivity contribution is -0.145. The Morgan fingerprint density at radius 1 is 0.893 bits per heavy atom. The van der Waals surface area contributed by atoms with E-state index in [4.69, 9.17) is 5.11 Å². The second-order valence-corrected chi connectivity index (χ2v) is 6.50. The van der Waals surface area contributed by atoms with Crippen molar-refractivity contribution in [2.75, 3.05) is 11.9 Å². The van der Waals surface area contributed by atoms with Gasteiger partial charge in [-0.1, -0.05) is 44.9 Å². The van der Waals surface area contributed by atoms with E-state index in [1.807, 2.05) is 0 Å². The van der Waals surface area contributed by atoms with E-state index in [1.165, 1.54) is 0 Å². The summed E-state index contributed by atoms with van der Waals surface area (Å²) >= 11 is 0. The molecule has 1 rings (SSSR count). The molecule has 0 saturated carbocycles. The molecule has 0 spiro atoms. The molecule has 0 unspecified atom stereocenters. The number of unbranched alkanes of at least 4 members (excludes halogenated alkanes) is 8. The third-order valence-electron chi connectivity index (χ3n) is 4.02. The maximum atomic E-state index is 12.4. The maximum absolute atomic E-state index is 12.4. The zero-order chi connectivity index (χ0) is 20.8. The van der Waals surface area contributed by atoms with Gasteiger partial charge in [-0.3, -0.25) is 4.79 Å². The van der Waals surface area contributed by atoms with E-state index in [-0.39, 0.29) is 12.1 Å². The maximum Gasteiger partial charge on any atom is 0.451 e. The summed E-state index contributed by atoms with van der Waals surface area (Å²) in [7, 11) is 0. The fourth-order valence-electron chi connectivity index (χ4n) is 2.55. The number of carbonyl (C=O) groups is 2. The largest absolute Gasteiger partial charge is 0.481 e. The molecular formula is C18H27F3N4O3. The van der Waals surface area contributed by atoms with Gasteiger partial charge in [0.05, 0.1) is 18.1 Å². The van der Waals surface area contributed by atoms with Gasteiger partial charge in [-0.2, -0.15) is 13.2 Å². The van der Waals surface area contributed by atoms with Crippen molar-refractivity contribution in [3.63, 3.8) is 0 Å². The van der Waals surface area contributed by atoms with Gasteiger partial charge in [0, 0.05) is 13.0 Å². The number of aliphatic carboxylic acids is 1. The quantitative estimate of drug-likeness (QED) is 0.417. The molecule has 10 heteroatoms. The van der Waals surface area contributed by atoms with Crippen LogP contribution in [0.4, 0.5) is 23.7 Å². The number of hydrogen-bond donors (Lipinski definition) is 3. The lowest BCUT2D eigenvalue weighted by Crippen LogP contribution is -2.29. The molecule has 1 aromatic heterocycles. The summed E-state index contributed by atoms with van der Waals surface area (Å²) in [6.07, 6.45) is 6.39. The number of alkyl halides is 3. The molecule has 28 heavy (non-hydrogen) atoms. The summed E-state index contributed by atoms with van der Waals surface area (Å²) in [5.41, 5.74) is 0.0915. The van der Waals surface area contributed by atoms with E-state index in [0.717, 1.165) is 70.2 Å². The Balaban J connectivity index is 1.99. The first-order valence-electron chi connectivity index (χ1n) is 9.45. The predicted octanol–water partition coefficient (Wildman–Crippen LogP) is 4.60. The summed E-state index contributed by atoms with van der Waals surface area (Å²) in [4.78, 5) is 28.4. The summed E-state index contributed by atoms with van der Waals surface area (Å²) in [6.45, 7) is 0.475. The molecule has 1 aromatic rings. The highest BCUT2D eigenvalue weighted by Gasteiger charge is 2.34. The SMILES string of the molecule is O=C(O)CCCCCCCCCCCNC(=O)Nc1cnc(C(F)(F)F)nc1. The van der Waals surface area contributed by atoms with Crippen molar-refractivity contribution in [3.05, 3.63) is 18.2 Å². The lowest BCUT2D eigenvalue weighted by atomic mass is 10.1. The van der Waals surface area contributed by atoms with E-state index in [2.05, 4.69) is 20.6 Å². The van der Waals surface area contributed by atoms with Crippen LogP contribution in [-0.2, 0) is 11.0 Å². The Labute approximate surface area is 162 Å². The van der Waals surface area contributed by atoms with E-state index in [0.29, 0.717) is 6.54 Å². The second kappa shape index (κ2) is 12.9. The molecule has 0 atom stereocenters. The third-order valence-corrected chi connectivity index (χ3v) is 4.02. The number of hydrogen-bond acceptors (Lipinski definition) is 4. The number of nitrogens with one attached hydrogen (secondary N) is 2. The van der Waals surface area contributed by atoms with E-state index < -0.39 is 24.0 Å². The molecule has 1 heterocycles. The minimum atomic E-state index is -4.61. The molecule has 0 aliphatic heterocycles. The van der Waals surface area contributed by atoms with Crippen molar-refractivity contribution >= 4 is 17.7 Å². The normalized spacial score (nSPS) is 11.2. The molecule has 3 N–H and O–H groups in total. The van der Waals surface area contributed by atoms with Gasteiger partial charge in [0.1, 0.15) is 0 Å². The molecule has 0 fully saturated rings. The highest BCUT2D eigenvalue weighted by atomic mass is 19.4. The first kappa shape index (κ1) is 23.6. The number of aromatic nitrogens is 2. The van der Waals surface area contributed by atoms with Gasteiger partial charge < -0.3 is 15.7 Å². The Morgan fingerprint density at radius 2 is 1.39 bits per heavy atom. The van der Waals surface area contributed by atoms with Crippen molar-refractivity contribution in [3.8, 4) is 0 Å². The van der Waals surface area contributed by atoms with Gasteiger partial charge in [0.25, 0.3) is 0 Å². The summed E-state index contributed by atoms with van der Waals surface area (Å²) in [6, 6.07) is -0.510. The molecule has 0 aromatic carbocycles. The molecule has 7 nitrogen and oxygen atoms in total.